The van der Waals surface area contributed by atoms with E-state index < -0.39 is 35.5 Å². The molecule has 1 aliphatic heterocycles. The van der Waals surface area contributed by atoms with Gasteiger partial charge in [-0.2, -0.15) is 0 Å². The predicted octanol–water partition coefficient (Wildman–Crippen LogP) is 4.45. The van der Waals surface area contributed by atoms with Crippen molar-refractivity contribution in [3.63, 3.8) is 0 Å². The first-order valence-corrected chi connectivity index (χ1v) is 14.1. The lowest BCUT2D eigenvalue weighted by molar-refractivity contribution is -0.152. The summed E-state index contributed by atoms with van der Waals surface area (Å²) in [5, 5.41) is 12.6. The monoisotopic (exact) mass is 572 g/mol. The summed E-state index contributed by atoms with van der Waals surface area (Å²) in [6, 6.07) is 24.5. The van der Waals surface area contributed by atoms with Crippen LogP contribution in [0.25, 0.3) is 11.1 Å². The predicted molar refractivity (Wildman–Crippen MR) is 156 cm³/mol. The number of nitrogens with one attached hydrogen (secondary N) is 1. The Labute approximate surface area is 245 Å². The number of fused-ring (bicyclic) bond motifs is 3. The molecule has 3 aromatic rings. The third kappa shape index (κ3) is 6.03. The van der Waals surface area contributed by atoms with Crippen LogP contribution in [0, 0.1) is 5.41 Å². The molecule has 0 radical (unpaired) electrons. The Morgan fingerprint density at radius 1 is 0.976 bits per heavy atom. The number of amides is 2. The fourth-order valence-electron chi connectivity index (χ4n) is 5.93. The van der Waals surface area contributed by atoms with Crippen LogP contribution in [0.15, 0.2) is 78.9 Å². The van der Waals surface area contributed by atoms with Gasteiger partial charge in [-0.15, -0.1) is 0 Å². The molecule has 1 unspecified atom stereocenters. The van der Waals surface area contributed by atoms with Crippen LogP contribution in [0.2, 0.25) is 0 Å². The molecule has 9 heteroatoms. The van der Waals surface area contributed by atoms with E-state index in [2.05, 4.69) is 17.4 Å². The summed E-state index contributed by atoms with van der Waals surface area (Å²) in [6.07, 6.45) is -1.22. The average molecular weight is 573 g/mol. The molecular formula is C33H36N2O7. The van der Waals surface area contributed by atoms with Gasteiger partial charge in [0.25, 0.3) is 0 Å². The molecule has 1 fully saturated rings. The highest BCUT2D eigenvalue weighted by Crippen LogP contribution is 2.44. The lowest BCUT2D eigenvalue weighted by Gasteiger charge is -2.30. The Bertz CT molecular complexity index is 1380. The van der Waals surface area contributed by atoms with Crippen molar-refractivity contribution < 1.29 is 33.7 Å². The maximum Gasteiger partial charge on any atom is 0.407 e. The Balaban J connectivity index is 1.30. The second-order valence-corrected chi connectivity index (χ2v) is 11.0. The van der Waals surface area contributed by atoms with Crippen LogP contribution < -0.4 is 5.32 Å². The molecule has 42 heavy (non-hydrogen) atoms. The number of ether oxygens (including phenoxy) is 3. The summed E-state index contributed by atoms with van der Waals surface area (Å²) in [4.78, 5) is 40.5. The van der Waals surface area contributed by atoms with Gasteiger partial charge < -0.3 is 29.5 Å². The van der Waals surface area contributed by atoms with Gasteiger partial charge in [0, 0.05) is 26.1 Å². The molecule has 0 saturated carbocycles. The maximum absolute atomic E-state index is 13.8. The second kappa shape index (κ2) is 12.8. The Kier molecular flexibility index (Phi) is 8.89. The molecular weight excluding hydrogens is 536 g/mol. The molecule has 1 aliphatic carbocycles. The van der Waals surface area contributed by atoms with Crippen LogP contribution >= 0.6 is 0 Å². The van der Waals surface area contributed by atoms with Crippen molar-refractivity contribution in [3.05, 3.63) is 95.6 Å². The van der Waals surface area contributed by atoms with Crippen molar-refractivity contribution in [1.82, 2.24) is 10.2 Å². The first kappa shape index (κ1) is 29.3. The molecule has 3 aromatic carbocycles. The van der Waals surface area contributed by atoms with E-state index in [0.717, 1.165) is 27.8 Å². The summed E-state index contributed by atoms with van der Waals surface area (Å²) in [7, 11) is 1.44. The number of hydrogen-bond acceptors (Lipinski definition) is 6. The highest BCUT2D eigenvalue weighted by molar-refractivity contribution is 5.88. The van der Waals surface area contributed by atoms with Gasteiger partial charge in [0.05, 0.1) is 19.3 Å². The van der Waals surface area contributed by atoms with Crippen LogP contribution in [-0.2, 0) is 30.4 Å². The van der Waals surface area contributed by atoms with E-state index in [-0.39, 0.29) is 45.2 Å². The number of methoxy groups -OCH3 is 1. The van der Waals surface area contributed by atoms with Gasteiger partial charge >= 0.3 is 12.1 Å². The maximum atomic E-state index is 13.8. The minimum atomic E-state index is -1.20. The number of likely N-dealkylation sites (tertiary alicyclic amines) is 1. The normalized spacial score (nSPS) is 19.0. The Morgan fingerprint density at radius 2 is 1.60 bits per heavy atom. The number of alkyl carbamates (subject to hydrolysis) is 1. The first-order chi connectivity index (χ1) is 20.3. The van der Waals surface area contributed by atoms with Crippen LogP contribution in [0.1, 0.15) is 36.0 Å². The Morgan fingerprint density at radius 3 is 2.21 bits per heavy atom. The van der Waals surface area contributed by atoms with E-state index >= 15 is 0 Å². The van der Waals surface area contributed by atoms with Crippen LogP contribution in [0.5, 0.6) is 0 Å². The summed E-state index contributed by atoms with van der Waals surface area (Å²) in [5.41, 5.74) is 4.11. The minimum Gasteiger partial charge on any atom is -0.481 e. The number of carbonyl (C=O) groups excluding carboxylic acids is 2. The molecule has 0 bridgehead atoms. The number of carboxylic acid groups (broad SMARTS) is 1. The van der Waals surface area contributed by atoms with E-state index in [0.29, 0.717) is 0 Å². The number of carbonyl (C=O) groups is 3. The van der Waals surface area contributed by atoms with Crippen LogP contribution in [-0.4, -0.2) is 73.5 Å². The summed E-state index contributed by atoms with van der Waals surface area (Å²) >= 11 is 0. The van der Waals surface area contributed by atoms with E-state index in [4.69, 9.17) is 14.2 Å². The largest absolute Gasteiger partial charge is 0.481 e. The van der Waals surface area contributed by atoms with Crippen molar-refractivity contribution in [2.45, 2.75) is 38.0 Å². The number of rotatable bonds is 11. The average Bonchev–Trinajstić information content (AvgIpc) is 3.58. The van der Waals surface area contributed by atoms with Crippen molar-refractivity contribution in [2.24, 2.45) is 5.41 Å². The Hall–Kier alpha value is -4.21. The standard InChI is InChI=1S/C33H36N2O7/c1-22(41-18-23-10-4-3-5-11-23)29(30(36)35-17-16-33(20-35,21-40-2)31(37)38)34-32(39)42-19-28-26-14-8-6-12-24(26)25-13-7-9-15-27(25)28/h3-15,22,28-29H,16-21H2,1-2H3,(H,34,39)(H,37,38)/t22-,29+,33?/m0/s1. The van der Waals surface area contributed by atoms with Gasteiger partial charge in [0.1, 0.15) is 18.1 Å². The quantitative estimate of drug-likeness (QED) is 0.349. The first-order valence-electron chi connectivity index (χ1n) is 14.1. The smallest absolute Gasteiger partial charge is 0.407 e. The number of aliphatic carboxylic acids is 1. The van der Waals surface area contributed by atoms with Gasteiger partial charge in [-0.1, -0.05) is 78.9 Å². The molecule has 3 atom stereocenters. The van der Waals surface area contributed by atoms with Crippen molar-refractivity contribution in [1.29, 1.82) is 0 Å². The molecule has 220 valence electrons. The molecule has 5 rings (SSSR count). The van der Waals surface area contributed by atoms with Crippen LogP contribution in [0.4, 0.5) is 4.79 Å². The van der Waals surface area contributed by atoms with Crippen molar-refractivity contribution in [3.8, 4) is 11.1 Å². The summed E-state index contributed by atoms with van der Waals surface area (Å²) in [5.74, 6) is -1.58. The molecule has 1 saturated heterocycles. The molecule has 1 heterocycles. The third-order valence-electron chi connectivity index (χ3n) is 8.25. The zero-order valence-electron chi connectivity index (χ0n) is 23.8. The van der Waals surface area contributed by atoms with Gasteiger partial charge in [-0.25, -0.2) is 4.79 Å². The lowest BCUT2D eigenvalue weighted by Crippen LogP contribution is -2.54. The van der Waals surface area contributed by atoms with Gasteiger partial charge in [0.2, 0.25) is 5.91 Å². The van der Waals surface area contributed by atoms with Gasteiger partial charge in [0.15, 0.2) is 0 Å². The van der Waals surface area contributed by atoms with Crippen molar-refractivity contribution in [2.75, 3.05) is 33.4 Å². The number of nitrogens with zero attached hydrogens (tertiary/aromatic N) is 1. The SMILES string of the molecule is COCC1(C(=O)O)CCN(C(=O)[C@H](NC(=O)OCC2c3ccccc3-c3ccccc32)[C@H](C)OCc2ccccc2)C1. The summed E-state index contributed by atoms with van der Waals surface area (Å²) in [6.45, 7) is 2.23. The fourth-order valence-corrected chi connectivity index (χ4v) is 5.93. The van der Waals surface area contributed by atoms with Crippen LogP contribution in [0.3, 0.4) is 0 Å². The summed E-state index contributed by atoms with van der Waals surface area (Å²) < 4.78 is 16.9. The van der Waals surface area contributed by atoms with E-state index in [1.807, 2.05) is 66.7 Å². The number of benzene rings is 3. The molecule has 0 aromatic heterocycles. The number of carboxylic acids is 1. The molecule has 2 N–H and O–H groups in total. The zero-order valence-corrected chi connectivity index (χ0v) is 23.8. The molecule has 9 nitrogen and oxygen atoms in total. The van der Waals surface area contributed by atoms with Gasteiger partial charge in [-0.3, -0.25) is 9.59 Å². The highest BCUT2D eigenvalue weighted by atomic mass is 16.5. The lowest BCUT2D eigenvalue weighted by atomic mass is 9.88. The molecule has 2 amide bonds. The van der Waals surface area contributed by atoms with E-state index in [1.165, 1.54) is 12.0 Å². The number of hydrogen-bond donors (Lipinski definition) is 2. The fraction of sp³-hybridized carbons (Fsp3) is 0.364. The highest BCUT2D eigenvalue weighted by Gasteiger charge is 2.48. The molecule has 0 spiro atoms. The third-order valence-corrected chi connectivity index (χ3v) is 8.25. The van der Waals surface area contributed by atoms with Crippen molar-refractivity contribution >= 4 is 18.0 Å². The minimum absolute atomic E-state index is 0.0172. The second-order valence-electron chi connectivity index (χ2n) is 11.0. The van der Waals surface area contributed by atoms with Gasteiger partial charge in [-0.05, 0) is 41.2 Å². The van der Waals surface area contributed by atoms with E-state index in [1.54, 1.807) is 6.92 Å². The topological polar surface area (TPSA) is 114 Å². The zero-order chi connectivity index (χ0) is 29.7. The molecule has 2 aliphatic rings. The van der Waals surface area contributed by atoms with E-state index in [9.17, 15) is 19.5 Å².